The molecule has 0 amide bonds. The van der Waals surface area contributed by atoms with E-state index >= 15 is 0 Å². The molecule has 8 nitrogen and oxygen atoms in total. The number of anilines is 2. The highest BCUT2D eigenvalue weighted by Gasteiger charge is 2.34. The second-order valence-electron chi connectivity index (χ2n) is 6.58. The summed E-state index contributed by atoms with van der Waals surface area (Å²) in [6.45, 7) is 2.02. The fourth-order valence-electron chi connectivity index (χ4n) is 3.42. The molecule has 0 aliphatic carbocycles. The van der Waals surface area contributed by atoms with Crippen LogP contribution in [0, 0.1) is 6.92 Å². The van der Waals surface area contributed by atoms with Crippen molar-refractivity contribution in [1.29, 1.82) is 0 Å². The maximum atomic E-state index is 12.6. The molecule has 0 saturated heterocycles. The predicted octanol–water partition coefficient (Wildman–Crippen LogP) is 3.08. The molecule has 2 N–H and O–H groups in total. The number of H-pyrrole nitrogens is 1. The Kier molecular flexibility index (Phi) is 3.73. The second-order valence-corrected chi connectivity index (χ2v) is 7.02. The molecule has 28 heavy (non-hydrogen) atoms. The van der Waals surface area contributed by atoms with E-state index in [0.717, 1.165) is 16.7 Å². The molecule has 1 atom stereocenters. The molecule has 1 aliphatic rings. The molecule has 138 valence electrons. The molecule has 0 spiro atoms. The van der Waals surface area contributed by atoms with Gasteiger partial charge >= 0.3 is 0 Å². The van der Waals surface area contributed by atoms with Crippen LogP contribution in [0.4, 0.5) is 11.6 Å². The van der Waals surface area contributed by atoms with E-state index in [9.17, 15) is 4.79 Å². The van der Waals surface area contributed by atoms with Crippen LogP contribution in [0.15, 0.2) is 53.3 Å². The second kappa shape index (κ2) is 6.28. The van der Waals surface area contributed by atoms with Crippen LogP contribution in [0.3, 0.4) is 0 Å². The lowest BCUT2D eigenvalue weighted by Gasteiger charge is -2.27. The normalized spacial score (nSPS) is 14.9. The fraction of sp³-hybridized carbons (Fsp3) is 0.105. The van der Waals surface area contributed by atoms with Crippen LogP contribution in [-0.2, 0) is 0 Å². The summed E-state index contributed by atoms with van der Waals surface area (Å²) >= 11 is 6.04. The van der Waals surface area contributed by atoms with Crippen molar-refractivity contribution in [3.8, 4) is 11.3 Å². The van der Waals surface area contributed by atoms with Gasteiger partial charge in [-0.25, -0.2) is 5.10 Å². The summed E-state index contributed by atoms with van der Waals surface area (Å²) in [5.41, 5.74) is 4.29. The third-order valence-electron chi connectivity index (χ3n) is 4.78. The Hall–Kier alpha value is -3.52. The van der Waals surface area contributed by atoms with Gasteiger partial charge in [-0.2, -0.15) is 9.78 Å². The van der Waals surface area contributed by atoms with E-state index in [-0.39, 0.29) is 5.56 Å². The number of fused-ring (bicyclic) bond motifs is 2. The molecule has 2 aromatic carbocycles. The topological polar surface area (TPSA) is 101 Å². The van der Waals surface area contributed by atoms with Gasteiger partial charge in [-0.1, -0.05) is 58.7 Å². The first-order valence-electron chi connectivity index (χ1n) is 8.62. The number of hydrogen-bond acceptors (Lipinski definition) is 6. The Morgan fingerprint density at radius 2 is 1.82 bits per heavy atom. The van der Waals surface area contributed by atoms with E-state index in [2.05, 4.69) is 31.0 Å². The van der Waals surface area contributed by atoms with E-state index < -0.39 is 6.04 Å². The SMILES string of the molecule is Cc1ccc(C2c3c(-c4ccc(Cl)cc4)n[nH]c(=O)c3Nc3nnnn32)cc1. The van der Waals surface area contributed by atoms with Crippen LogP contribution in [0.5, 0.6) is 0 Å². The van der Waals surface area contributed by atoms with Crippen molar-refractivity contribution in [2.24, 2.45) is 0 Å². The van der Waals surface area contributed by atoms with E-state index in [1.165, 1.54) is 0 Å². The molecule has 0 fully saturated rings. The summed E-state index contributed by atoms with van der Waals surface area (Å²) in [7, 11) is 0. The highest BCUT2D eigenvalue weighted by molar-refractivity contribution is 6.30. The van der Waals surface area contributed by atoms with Crippen molar-refractivity contribution in [1.82, 2.24) is 30.4 Å². The average Bonchev–Trinajstić information content (AvgIpc) is 3.17. The number of nitrogens with one attached hydrogen (secondary N) is 2. The number of tetrazole rings is 1. The number of aromatic nitrogens is 6. The lowest BCUT2D eigenvalue weighted by atomic mass is 9.92. The monoisotopic (exact) mass is 391 g/mol. The molecule has 5 rings (SSSR count). The number of rotatable bonds is 2. The number of halogens is 1. The number of aryl methyl sites for hydroxylation is 1. The maximum absolute atomic E-state index is 12.6. The van der Waals surface area contributed by atoms with E-state index in [0.29, 0.717) is 27.9 Å². The molecule has 2 aromatic heterocycles. The van der Waals surface area contributed by atoms with Gasteiger partial charge < -0.3 is 5.32 Å². The first-order valence-corrected chi connectivity index (χ1v) is 8.99. The van der Waals surface area contributed by atoms with Crippen LogP contribution in [-0.4, -0.2) is 30.4 Å². The Morgan fingerprint density at radius 1 is 1.07 bits per heavy atom. The molecule has 0 bridgehead atoms. The fourth-order valence-corrected chi connectivity index (χ4v) is 3.55. The first-order chi connectivity index (χ1) is 13.6. The third kappa shape index (κ3) is 2.57. The minimum Gasteiger partial charge on any atom is -0.318 e. The number of benzene rings is 2. The lowest BCUT2D eigenvalue weighted by Crippen LogP contribution is -2.29. The van der Waals surface area contributed by atoms with Crippen molar-refractivity contribution in [3.05, 3.63) is 80.6 Å². The van der Waals surface area contributed by atoms with E-state index in [1.54, 1.807) is 16.8 Å². The average molecular weight is 392 g/mol. The number of nitrogens with zero attached hydrogens (tertiary/aromatic N) is 5. The van der Waals surface area contributed by atoms with Gasteiger partial charge in [-0.3, -0.25) is 4.79 Å². The van der Waals surface area contributed by atoms with Gasteiger partial charge in [0.2, 0.25) is 5.95 Å². The zero-order valence-electron chi connectivity index (χ0n) is 14.7. The molecular formula is C19H14ClN7O. The smallest absolute Gasteiger partial charge is 0.288 e. The van der Waals surface area contributed by atoms with E-state index in [4.69, 9.17) is 11.6 Å². The van der Waals surface area contributed by atoms with Gasteiger partial charge in [0.25, 0.3) is 5.56 Å². The van der Waals surface area contributed by atoms with Crippen LogP contribution >= 0.6 is 11.6 Å². The molecule has 0 radical (unpaired) electrons. The third-order valence-corrected chi connectivity index (χ3v) is 5.03. The highest BCUT2D eigenvalue weighted by Crippen LogP contribution is 2.41. The zero-order valence-corrected chi connectivity index (χ0v) is 15.5. The van der Waals surface area contributed by atoms with Crippen LogP contribution in [0.2, 0.25) is 5.02 Å². The molecule has 9 heteroatoms. The molecule has 0 saturated carbocycles. The van der Waals surface area contributed by atoms with Crippen molar-refractivity contribution < 1.29 is 0 Å². The summed E-state index contributed by atoms with van der Waals surface area (Å²) in [6, 6.07) is 15.0. The number of hydrogen-bond donors (Lipinski definition) is 2. The molecule has 4 aromatic rings. The summed E-state index contributed by atoms with van der Waals surface area (Å²) < 4.78 is 1.66. The van der Waals surface area contributed by atoms with Crippen molar-refractivity contribution in [2.45, 2.75) is 13.0 Å². The Labute approximate surface area is 164 Å². The van der Waals surface area contributed by atoms with Gasteiger partial charge in [-0.15, -0.1) is 0 Å². The summed E-state index contributed by atoms with van der Waals surface area (Å²) in [5.74, 6) is 0.400. The lowest BCUT2D eigenvalue weighted by molar-refractivity contribution is 0.567. The number of aromatic amines is 1. The largest absolute Gasteiger partial charge is 0.318 e. The minimum atomic E-state index is -0.401. The minimum absolute atomic E-state index is 0.334. The van der Waals surface area contributed by atoms with Crippen molar-refractivity contribution in [3.63, 3.8) is 0 Å². The van der Waals surface area contributed by atoms with Crippen molar-refractivity contribution in [2.75, 3.05) is 5.32 Å². The van der Waals surface area contributed by atoms with Gasteiger partial charge in [0.15, 0.2) is 0 Å². The van der Waals surface area contributed by atoms with Crippen LogP contribution in [0.25, 0.3) is 11.3 Å². The Bertz CT molecular complexity index is 1230. The summed E-state index contributed by atoms with van der Waals surface area (Å²) in [5, 5.41) is 22.5. The van der Waals surface area contributed by atoms with Gasteiger partial charge in [0, 0.05) is 16.1 Å². The highest BCUT2D eigenvalue weighted by atomic mass is 35.5. The Balaban J connectivity index is 1.81. The summed E-state index contributed by atoms with van der Waals surface area (Å²) in [4.78, 5) is 12.6. The molecule has 1 unspecified atom stereocenters. The zero-order chi connectivity index (χ0) is 19.3. The van der Waals surface area contributed by atoms with Crippen molar-refractivity contribution >= 4 is 23.2 Å². The van der Waals surface area contributed by atoms with E-state index in [1.807, 2.05) is 43.3 Å². The first kappa shape index (κ1) is 16.6. The Morgan fingerprint density at radius 3 is 2.57 bits per heavy atom. The van der Waals surface area contributed by atoms with Crippen LogP contribution in [0.1, 0.15) is 22.7 Å². The molecule has 3 heterocycles. The molecular weight excluding hydrogens is 378 g/mol. The quantitative estimate of drug-likeness (QED) is 0.479. The standard InChI is InChI=1S/C19H14ClN7O/c1-10-2-4-12(5-3-10)17-14-15(11-6-8-13(20)9-7-11)22-23-18(28)16(14)21-19-24-25-26-27(17)19/h2-9,17H,1H3,(H,23,28)(H,21,24,26). The van der Waals surface area contributed by atoms with Crippen LogP contribution < -0.4 is 10.9 Å². The van der Waals surface area contributed by atoms with Gasteiger partial charge in [0.05, 0.1) is 5.69 Å². The summed E-state index contributed by atoms with van der Waals surface area (Å²) in [6.07, 6.45) is 0. The molecule has 1 aliphatic heterocycles. The van der Waals surface area contributed by atoms with Gasteiger partial charge in [-0.05, 0) is 35.0 Å². The van der Waals surface area contributed by atoms with Gasteiger partial charge in [0.1, 0.15) is 11.7 Å². The predicted molar refractivity (Wildman–Crippen MR) is 105 cm³/mol. The maximum Gasteiger partial charge on any atom is 0.288 e.